The molecule has 1 aliphatic heterocycles. The summed E-state index contributed by atoms with van der Waals surface area (Å²) in [6.07, 6.45) is 2.40. The van der Waals surface area contributed by atoms with Crippen molar-refractivity contribution in [3.8, 4) is 11.3 Å². The van der Waals surface area contributed by atoms with E-state index in [1.807, 2.05) is 48.5 Å². The molecular formula is C25H22N4O3. The van der Waals surface area contributed by atoms with Crippen LogP contribution in [-0.4, -0.2) is 31.7 Å². The van der Waals surface area contributed by atoms with Crippen LogP contribution in [0.2, 0.25) is 0 Å². The van der Waals surface area contributed by atoms with E-state index in [-0.39, 0.29) is 23.6 Å². The second-order valence-electron chi connectivity index (χ2n) is 8.06. The van der Waals surface area contributed by atoms with Gasteiger partial charge < -0.3 is 9.47 Å². The second-order valence-corrected chi connectivity index (χ2v) is 8.06. The van der Waals surface area contributed by atoms with E-state index >= 15 is 0 Å². The van der Waals surface area contributed by atoms with Gasteiger partial charge in [0.2, 0.25) is 5.91 Å². The summed E-state index contributed by atoms with van der Waals surface area (Å²) in [4.78, 5) is 39.8. The third kappa shape index (κ3) is 3.51. The summed E-state index contributed by atoms with van der Waals surface area (Å²) >= 11 is 0. The summed E-state index contributed by atoms with van der Waals surface area (Å²) in [5, 5.41) is 5.89. The fraction of sp³-hybridized carbons (Fsp3) is 0.200. The highest BCUT2D eigenvalue weighted by atomic mass is 16.2. The Balaban J connectivity index is 1.50. The molecule has 1 amide bonds. The van der Waals surface area contributed by atoms with Crippen LogP contribution in [0.1, 0.15) is 11.1 Å². The van der Waals surface area contributed by atoms with Gasteiger partial charge in [-0.05, 0) is 23.6 Å². The van der Waals surface area contributed by atoms with Crippen LogP contribution >= 0.6 is 0 Å². The van der Waals surface area contributed by atoms with E-state index in [2.05, 4.69) is 5.10 Å². The number of benzene rings is 2. The highest BCUT2D eigenvalue weighted by Crippen LogP contribution is 2.24. The van der Waals surface area contributed by atoms with E-state index in [4.69, 9.17) is 0 Å². The second kappa shape index (κ2) is 7.92. The van der Waals surface area contributed by atoms with Crippen molar-refractivity contribution in [3.63, 3.8) is 0 Å². The van der Waals surface area contributed by atoms with Crippen molar-refractivity contribution < 1.29 is 4.79 Å². The number of rotatable bonds is 3. The Kier molecular flexibility index (Phi) is 4.93. The molecule has 0 unspecified atom stereocenters. The zero-order valence-electron chi connectivity index (χ0n) is 17.7. The number of amides is 1. The lowest BCUT2D eigenvalue weighted by Gasteiger charge is -2.29. The van der Waals surface area contributed by atoms with E-state index in [9.17, 15) is 14.4 Å². The predicted molar refractivity (Wildman–Crippen MR) is 122 cm³/mol. The van der Waals surface area contributed by atoms with Crippen LogP contribution in [0.3, 0.4) is 0 Å². The molecule has 2 aromatic carbocycles. The molecule has 3 heterocycles. The lowest BCUT2D eigenvalue weighted by molar-refractivity contribution is -0.133. The van der Waals surface area contributed by atoms with Crippen LogP contribution in [0.5, 0.6) is 0 Å². The number of aromatic nitrogens is 3. The van der Waals surface area contributed by atoms with Gasteiger partial charge in [0, 0.05) is 43.4 Å². The summed E-state index contributed by atoms with van der Waals surface area (Å²) in [7, 11) is 1.70. The number of pyridine rings is 1. The number of carbonyl (C=O) groups is 1. The summed E-state index contributed by atoms with van der Waals surface area (Å²) in [6, 6.07) is 18.6. The first kappa shape index (κ1) is 19.9. The van der Waals surface area contributed by atoms with Gasteiger partial charge in [-0.15, -0.1) is 0 Å². The zero-order valence-corrected chi connectivity index (χ0v) is 17.7. The molecule has 4 aromatic rings. The normalized spacial score (nSPS) is 13.2. The lowest BCUT2D eigenvalue weighted by atomic mass is 10.0. The standard InChI is InChI=1S/C25H22N4O3/c1-27-14-19-15-28(12-11-18(19)13-22(27)30)23(31)16-29-25(32)21-10-6-5-9-20(21)24(26-29)17-7-3-2-4-8-17/h2-10,13-14H,11-12,15-16H2,1H3. The van der Waals surface area contributed by atoms with Gasteiger partial charge in [0.05, 0.1) is 11.1 Å². The van der Waals surface area contributed by atoms with Crippen molar-refractivity contribution in [2.24, 2.45) is 7.05 Å². The molecule has 0 atom stereocenters. The topological polar surface area (TPSA) is 77.2 Å². The van der Waals surface area contributed by atoms with Crippen LogP contribution in [0.15, 0.2) is 76.4 Å². The Morgan fingerprint density at radius 1 is 0.969 bits per heavy atom. The van der Waals surface area contributed by atoms with Crippen LogP contribution in [0.4, 0.5) is 0 Å². The van der Waals surface area contributed by atoms with Crippen LogP contribution in [0.25, 0.3) is 22.0 Å². The first-order valence-electron chi connectivity index (χ1n) is 10.5. The van der Waals surface area contributed by atoms with Crippen molar-refractivity contribution in [1.82, 2.24) is 19.2 Å². The molecule has 2 aromatic heterocycles. The predicted octanol–water partition coefficient (Wildman–Crippen LogP) is 2.35. The molecule has 0 radical (unpaired) electrons. The summed E-state index contributed by atoms with van der Waals surface area (Å²) in [6.45, 7) is 0.785. The van der Waals surface area contributed by atoms with Crippen molar-refractivity contribution >= 4 is 16.7 Å². The SMILES string of the molecule is Cn1cc2c(cc1=O)CCN(C(=O)Cn1nc(-c3ccccc3)c3ccccc3c1=O)C2. The maximum atomic E-state index is 13.1. The minimum absolute atomic E-state index is 0.0520. The first-order chi connectivity index (χ1) is 15.5. The highest BCUT2D eigenvalue weighted by Gasteiger charge is 2.23. The van der Waals surface area contributed by atoms with Crippen molar-refractivity contribution in [3.05, 3.63) is 98.7 Å². The summed E-state index contributed by atoms with van der Waals surface area (Å²) in [5.41, 5.74) is 3.16. The summed E-state index contributed by atoms with van der Waals surface area (Å²) in [5.74, 6) is -0.173. The Morgan fingerprint density at radius 2 is 1.69 bits per heavy atom. The molecule has 0 saturated heterocycles. The van der Waals surface area contributed by atoms with Gasteiger partial charge >= 0.3 is 0 Å². The van der Waals surface area contributed by atoms with E-state index in [1.165, 1.54) is 9.25 Å². The minimum atomic E-state index is -0.284. The Bertz CT molecular complexity index is 1450. The molecule has 0 aliphatic carbocycles. The molecule has 0 spiro atoms. The molecule has 160 valence electrons. The lowest BCUT2D eigenvalue weighted by Crippen LogP contribution is -2.41. The number of hydrogen-bond acceptors (Lipinski definition) is 4. The molecular weight excluding hydrogens is 404 g/mol. The fourth-order valence-electron chi connectivity index (χ4n) is 4.23. The minimum Gasteiger partial charge on any atom is -0.336 e. The average molecular weight is 426 g/mol. The third-order valence-corrected chi connectivity index (χ3v) is 5.97. The monoisotopic (exact) mass is 426 g/mol. The maximum absolute atomic E-state index is 13.1. The largest absolute Gasteiger partial charge is 0.336 e. The van der Waals surface area contributed by atoms with Gasteiger partial charge in [-0.25, -0.2) is 4.68 Å². The Hall–Kier alpha value is -4.00. The highest BCUT2D eigenvalue weighted by molar-refractivity contribution is 5.93. The van der Waals surface area contributed by atoms with Gasteiger partial charge in [0.1, 0.15) is 6.54 Å². The number of aryl methyl sites for hydroxylation is 1. The molecule has 32 heavy (non-hydrogen) atoms. The van der Waals surface area contributed by atoms with E-state index in [1.54, 1.807) is 30.3 Å². The number of carbonyl (C=O) groups excluding carboxylic acids is 1. The number of hydrogen-bond donors (Lipinski definition) is 0. The van der Waals surface area contributed by atoms with Crippen molar-refractivity contribution in [2.45, 2.75) is 19.5 Å². The molecule has 0 fully saturated rings. The molecule has 0 N–H and O–H groups in total. The van der Waals surface area contributed by atoms with Gasteiger partial charge in [-0.2, -0.15) is 5.10 Å². The third-order valence-electron chi connectivity index (χ3n) is 5.97. The van der Waals surface area contributed by atoms with E-state index in [0.29, 0.717) is 30.6 Å². The van der Waals surface area contributed by atoms with Crippen LogP contribution in [-0.2, 0) is 31.4 Å². The molecule has 0 saturated carbocycles. The first-order valence-corrected chi connectivity index (χ1v) is 10.5. The molecule has 1 aliphatic rings. The van der Waals surface area contributed by atoms with Gasteiger partial charge in [0.15, 0.2) is 0 Å². The van der Waals surface area contributed by atoms with Gasteiger partial charge in [-0.1, -0.05) is 48.5 Å². The van der Waals surface area contributed by atoms with Crippen molar-refractivity contribution in [2.75, 3.05) is 6.54 Å². The van der Waals surface area contributed by atoms with Gasteiger partial charge in [0.25, 0.3) is 11.1 Å². The number of fused-ring (bicyclic) bond motifs is 2. The zero-order chi connectivity index (χ0) is 22.2. The van der Waals surface area contributed by atoms with Gasteiger partial charge in [-0.3, -0.25) is 14.4 Å². The van der Waals surface area contributed by atoms with E-state index in [0.717, 1.165) is 22.1 Å². The average Bonchev–Trinajstić information content (AvgIpc) is 2.82. The smallest absolute Gasteiger partial charge is 0.275 e. The molecule has 5 rings (SSSR count). The molecule has 0 bridgehead atoms. The van der Waals surface area contributed by atoms with E-state index < -0.39 is 0 Å². The van der Waals surface area contributed by atoms with Crippen molar-refractivity contribution in [1.29, 1.82) is 0 Å². The molecule has 7 heteroatoms. The Labute approximate surface area is 184 Å². The molecule has 7 nitrogen and oxygen atoms in total. The quantitative estimate of drug-likeness (QED) is 0.504. The Morgan fingerprint density at radius 3 is 2.47 bits per heavy atom. The maximum Gasteiger partial charge on any atom is 0.275 e. The number of nitrogens with zero attached hydrogens (tertiary/aromatic N) is 4. The fourth-order valence-corrected chi connectivity index (χ4v) is 4.23. The van der Waals surface area contributed by atoms with Crippen LogP contribution < -0.4 is 11.1 Å². The van der Waals surface area contributed by atoms with Crippen LogP contribution in [0, 0.1) is 0 Å². The summed E-state index contributed by atoms with van der Waals surface area (Å²) < 4.78 is 2.79.